The average Bonchev–Trinajstić information content (AvgIpc) is 2.43. The van der Waals surface area contributed by atoms with Crippen LogP contribution in [0.2, 0.25) is 10.2 Å². The molecule has 3 aromatic rings. The SMILES string of the molecule is Fc1cccc(-c2nc(Cl)c3cccc(F)c3n2)c1Cl. The van der Waals surface area contributed by atoms with Crippen LogP contribution in [0.15, 0.2) is 36.4 Å². The van der Waals surface area contributed by atoms with Crippen molar-refractivity contribution in [3.63, 3.8) is 0 Å². The topological polar surface area (TPSA) is 25.8 Å². The maximum atomic E-state index is 13.8. The summed E-state index contributed by atoms with van der Waals surface area (Å²) in [7, 11) is 0. The van der Waals surface area contributed by atoms with Crippen molar-refractivity contribution in [1.29, 1.82) is 0 Å². The quantitative estimate of drug-likeness (QED) is 0.598. The van der Waals surface area contributed by atoms with Crippen molar-refractivity contribution in [2.45, 2.75) is 0 Å². The van der Waals surface area contributed by atoms with E-state index in [9.17, 15) is 8.78 Å². The summed E-state index contributed by atoms with van der Waals surface area (Å²) in [5.74, 6) is -1.05. The zero-order valence-electron chi connectivity index (χ0n) is 9.87. The predicted molar refractivity (Wildman–Crippen MR) is 74.9 cm³/mol. The van der Waals surface area contributed by atoms with Gasteiger partial charge >= 0.3 is 0 Å². The summed E-state index contributed by atoms with van der Waals surface area (Å²) in [5, 5.41) is 0.354. The molecule has 2 aromatic carbocycles. The normalized spacial score (nSPS) is 11.0. The summed E-state index contributed by atoms with van der Waals surface area (Å²) in [6.07, 6.45) is 0. The molecule has 0 aliphatic heterocycles. The molecule has 0 aliphatic rings. The first kappa shape index (κ1) is 13.2. The first-order chi connectivity index (χ1) is 9.58. The maximum absolute atomic E-state index is 13.8. The summed E-state index contributed by atoms with van der Waals surface area (Å²) in [5.41, 5.74) is 0.335. The van der Waals surface area contributed by atoms with Crippen LogP contribution < -0.4 is 0 Å². The lowest BCUT2D eigenvalue weighted by atomic mass is 10.2. The summed E-state index contributed by atoms with van der Waals surface area (Å²) in [4.78, 5) is 8.14. The Kier molecular flexibility index (Phi) is 3.28. The third-order valence-electron chi connectivity index (χ3n) is 2.82. The van der Waals surface area contributed by atoms with Gasteiger partial charge in [-0.3, -0.25) is 0 Å². The number of para-hydroxylation sites is 1. The fourth-order valence-electron chi connectivity index (χ4n) is 1.88. The van der Waals surface area contributed by atoms with E-state index in [0.717, 1.165) is 0 Å². The van der Waals surface area contributed by atoms with Crippen LogP contribution in [0.25, 0.3) is 22.3 Å². The molecule has 0 radical (unpaired) electrons. The van der Waals surface area contributed by atoms with E-state index in [0.29, 0.717) is 5.39 Å². The third kappa shape index (κ3) is 2.11. The molecule has 0 saturated carbocycles. The Balaban J connectivity index is 2.33. The Morgan fingerprint density at radius 2 is 1.55 bits per heavy atom. The average molecular weight is 311 g/mol. The number of hydrogen-bond donors (Lipinski definition) is 0. The molecule has 0 saturated heterocycles. The molecule has 100 valence electrons. The molecular formula is C14H6Cl2F2N2. The van der Waals surface area contributed by atoms with Gasteiger partial charge in [-0.1, -0.05) is 35.3 Å². The van der Waals surface area contributed by atoms with Crippen molar-refractivity contribution in [1.82, 2.24) is 9.97 Å². The number of nitrogens with zero attached hydrogens (tertiary/aromatic N) is 2. The number of aromatic nitrogens is 2. The monoisotopic (exact) mass is 310 g/mol. The minimum Gasteiger partial charge on any atom is -0.225 e. The third-order valence-corrected chi connectivity index (χ3v) is 3.50. The van der Waals surface area contributed by atoms with Crippen LogP contribution >= 0.6 is 23.2 Å². The molecule has 0 amide bonds. The fraction of sp³-hybridized carbons (Fsp3) is 0. The van der Waals surface area contributed by atoms with Crippen LogP contribution in [0.1, 0.15) is 0 Å². The molecule has 0 fully saturated rings. The number of rotatable bonds is 1. The number of fused-ring (bicyclic) bond motifs is 1. The molecule has 0 N–H and O–H groups in total. The minimum absolute atomic E-state index is 0.0721. The number of hydrogen-bond acceptors (Lipinski definition) is 2. The van der Waals surface area contributed by atoms with E-state index in [1.807, 2.05) is 0 Å². The van der Waals surface area contributed by atoms with Gasteiger partial charge in [0.2, 0.25) is 0 Å². The zero-order chi connectivity index (χ0) is 14.3. The zero-order valence-corrected chi connectivity index (χ0v) is 11.4. The summed E-state index contributed by atoms with van der Waals surface area (Å²) < 4.78 is 27.2. The predicted octanol–water partition coefficient (Wildman–Crippen LogP) is 4.88. The van der Waals surface area contributed by atoms with Gasteiger partial charge in [0.15, 0.2) is 5.82 Å². The number of halogens is 4. The van der Waals surface area contributed by atoms with Crippen LogP contribution in [0.3, 0.4) is 0 Å². The fourth-order valence-corrected chi connectivity index (χ4v) is 2.32. The largest absolute Gasteiger partial charge is 0.225 e. The van der Waals surface area contributed by atoms with Crippen LogP contribution in [-0.2, 0) is 0 Å². The second-order valence-corrected chi connectivity index (χ2v) is 4.81. The summed E-state index contributed by atoms with van der Waals surface area (Å²) >= 11 is 11.9. The van der Waals surface area contributed by atoms with E-state index in [2.05, 4.69) is 9.97 Å². The molecule has 1 aromatic heterocycles. The maximum Gasteiger partial charge on any atom is 0.163 e. The highest BCUT2D eigenvalue weighted by molar-refractivity contribution is 6.35. The van der Waals surface area contributed by atoms with Crippen LogP contribution in [-0.4, -0.2) is 9.97 Å². The first-order valence-electron chi connectivity index (χ1n) is 5.64. The van der Waals surface area contributed by atoms with Crippen LogP contribution in [0.4, 0.5) is 8.78 Å². The van der Waals surface area contributed by atoms with E-state index in [4.69, 9.17) is 23.2 Å². The number of benzene rings is 2. The molecule has 0 bridgehead atoms. The lowest BCUT2D eigenvalue weighted by Crippen LogP contribution is -1.95. The highest BCUT2D eigenvalue weighted by Gasteiger charge is 2.14. The van der Waals surface area contributed by atoms with Crippen molar-refractivity contribution in [3.05, 3.63) is 58.2 Å². The van der Waals surface area contributed by atoms with E-state index in [1.165, 1.54) is 24.3 Å². The molecule has 20 heavy (non-hydrogen) atoms. The van der Waals surface area contributed by atoms with E-state index in [-0.39, 0.29) is 27.1 Å². The van der Waals surface area contributed by atoms with Gasteiger partial charge in [0.25, 0.3) is 0 Å². The van der Waals surface area contributed by atoms with Gasteiger partial charge in [0.1, 0.15) is 22.3 Å². The van der Waals surface area contributed by atoms with Gasteiger partial charge in [-0.25, -0.2) is 18.7 Å². The molecule has 2 nitrogen and oxygen atoms in total. The van der Waals surface area contributed by atoms with Crippen molar-refractivity contribution >= 4 is 34.1 Å². The Bertz CT molecular complexity index is 822. The van der Waals surface area contributed by atoms with E-state index < -0.39 is 11.6 Å². The molecule has 0 atom stereocenters. The summed E-state index contributed by atoms with van der Waals surface area (Å²) in [6, 6.07) is 8.63. The van der Waals surface area contributed by atoms with Gasteiger partial charge in [0.05, 0.1) is 5.02 Å². The van der Waals surface area contributed by atoms with Gasteiger partial charge < -0.3 is 0 Å². The molecule has 0 aliphatic carbocycles. The van der Waals surface area contributed by atoms with Crippen molar-refractivity contribution in [2.75, 3.05) is 0 Å². The standard InChI is InChI=1S/C14H6Cl2F2N2/c15-11-7(3-1-5-9(11)17)14-19-12-8(13(16)20-14)4-2-6-10(12)18/h1-6H. The molecule has 0 unspecified atom stereocenters. The highest BCUT2D eigenvalue weighted by atomic mass is 35.5. The second-order valence-electron chi connectivity index (χ2n) is 4.08. The van der Waals surface area contributed by atoms with Gasteiger partial charge in [-0.05, 0) is 24.3 Å². The molecule has 0 spiro atoms. The van der Waals surface area contributed by atoms with Gasteiger partial charge in [0, 0.05) is 10.9 Å². The molecule has 6 heteroatoms. The molecule has 1 heterocycles. The Labute approximate surface area is 123 Å². The van der Waals surface area contributed by atoms with Gasteiger partial charge in [-0.15, -0.1) is 0 Å². The smallest absolute Gasteiger partial charge is 0.163 e. The van der Waals surface area contributed by atoms with Crippen molar-refractivity contribution in [2.24, 2.45) is 0 Å². The lowest BCUT2D eigenvalue weighted by molar-refractivity contribution is 0.628. The van der Waals surface area contributed by atoms with Crippen LogP contribution in [0, 0.1) is 11.6 Å². The lowest BCUT2D eigenvalue weighted by Gasteiger charge is -2.07. The Morgan fingerprint density at radius 1 is 0.850 bits per heavy atom. The Morgan fingerprint density at radius 3 is 2.35 bits per heavy atom. The van der Waals surface area contributed by atoms with Crippen LogP contribution in [0.5, 0.6) is 0 Å². The van der Waals surface area contributed by atoms with Crippen molar-refractivity contribution in [3.8, 4) is 11.4 Å². The Hall–Kier alpha value is -1.78. The van der Waals surface area contributed by atoms with E-state index in [1.54, 1.807) is 12.1 Å². The first-order valence-corrected chi connectivity index (χ1v) is 6.39. The minimum atomic E-state index is -0.600. The summed E-state index contributed by atoms with van der Waals surface area (Å²) in [6.45, 7) is 0. The van der Waals surface area contributed by atoms with E-state index >= 15 is 0 Å². The van der Waals surface area contributed by atoms with Crippen molar-refractivity contribution < 1.29 is 8.78 Å². The van der Waals surface area contributed by atoms with Gasteiger partial charge in [-0.2, -0.15) is 0 Å². The molecular weight excluding hydrogens is 305 g/mol. The molecule has 3 rings (SSSR count). The highest BCUT2D eigenvalue weighted by Crippen LogP contribution is 2.31. The second kappa shape index (κ2) is 4.96.